The maximum absolute atomic E-state index is 12.4. The molecule has 162 valence electrons. The lowest BCUT2D eigenvalue weighted by molar-refractivity contribution is 0.0423. The third-order valence-electron chi connectivity index (χ3n) is 5.61. The number of hydrogen-bond donors (Lipinski definition) is 0. The summed E-state index contributed by atoms with van der Waals surface area (Å²) in [4.78, 5) is 15.6. The highest BCUT2D eigenvalue weighted by Crippen LogP contribution is 2.22. The lowest BCUT2D eigenvalue weighted by atomic mass is 9.95. The molecule has 29 heavy (non-hydrogen) atoms. The zero-order chi connectivity index (χ0) is 21.2. The van der Waals surface area contributed by atoms with Crippen LogP contribution in [0.1, 0.15) is 114 Å². The molecule has 1 rings (SSSR count). The van der Waals surface area contributed by atoms with Gasteiger partial charge in [0.1, 0.15) is 0 Å². The summed E-state index contributed by atoms with van der Waals surface area (Å²) in [5.74, 6) is 0.0309. The Kier molecular flexibility index (Phi) is 14.7. The quantitative estimate of drug-likeness (QED) is 0.149. The standard InChI is InChI=1S/C25H41N2O2/c1-3-5-7-9-10-12-14-18-22(17-13-11-8-6-4-2)21-29-25(28)23-19-15-16-20-24(23)27-26/h15-16,19-20,22H,3-14,17-18,21H2,1-2H3/q+1. The number of ether oxygens (including phenoxy) is 1. The molecule has 0 aliphatic rings. The van der Waals surface area contributed by atoms with Gasteiger partial charge in [0, 0.05) is 6.07 Å². The van der Waals surface area contributed by atoms with Crippen LogP contribution in [-0.2, 0) is 4.74 Å². The first-order chi connectivity index (χ1) is 14.2. The second-order valence-corrected chi connectivity index (χ2v) is 8.19. The van der Waals surface area contributed by atoms with Gasteiger partial charge in [-0.2, -0.15) is 0 Å². The van der Waals surface area contributed by atoms with Gasteiger partial charge in [-0.1, -0.05) is 103 Å². The molecule has 0 fully saturated rings. The summed E-state index contributed by atoms with van der Waals surface area (Å²) in [5, 5.41) is 9.07. The van der Waals surface area contributed by atoms with Gasteiger partial charge in [-0.15, -0.1) is 0 Å². The summed E-state index contributed by atoms with van der Waals surface area (Å²) in [6, 6.07) is 6.76. The molecule has 4 heteroatoms. The average Bonchev–Trinajstić information content (AvgIpc) is 2.75. The highest BCUT2D eigenvalue weighted by atomic mass is 16.5. The molecule has 0 radical (unpaired) electrons. The summed E-state index contributed by atoms with van der Waals surface area (Å²) >= 11 is 0. The number of diazo groups is 1. The van der Waals surface area contributed by atoms with Crippen molar-refractivity contribution in [1.29, 1.82) is 5.39 Å². The van der Waals surface area contributed by atoms with Crippen LogP contribution in [0.15, 0.2) is 24.3 Å². The van der Waals surface area contributed by atoms with Crippen LogP contribution < -0.4 is 0 Å². The van der Waals surface area contributed by atoms with Crippen molar-refractivity contribution in [3.63, 3.8) is 0 Å². The number of benzene rings is 1. The van der Waals surface area contributed by atoms with Crippen LogP contribution >= 0.6 is 0 Å². The molecule has 0 bridgehead atoms. The molecule has 1 unspecified atom stereocenters. The van der Waals surface area contributed by atoms with Crippen LogP contribution in [0, 0.1) is 11.3 Å². The monoisotopic (exact) mass is 401 g/mol. The van der Waals surface area contributed by atoms with Gasteiger partial charge >= 0.3 is 11.7 Å². The van der Waals surface area contributed by atoms with Gasteiger partial charge in [-0.25, -0.2) is 4.79 Å². The molecule has 0 spiro atoms. The second kappa shape index (κ2) is 17.0. The molecule has 1 aromatic rings. The first-order valence-electron chi connectivity index (χ1n) is 11.8. The minimum absolute atomic E-state index is 0.265. The first kappa shape index (κ1) is 25.1. The van der Waals surface area contributed by atoms with E-state index in [-0.39, 0.29) is 5.69 Å². The van der Waals surface area contributed by atoms with Crippen LogP contribution in [0.4, 0.5) is 5.69 Å². The first-order valence-corrected chi connectivity index (χ1v) is 11.8. The van der Waals surface area contributed by atoms with Gasteiger partial charge in [0.05, 0.1) is 6.61 Å². The number of esters is 1. The lowest BCUT2D eigenvalue weighted by Gasteiger charge is -2.17. The summed E-state index contributed by atoms with van der Waals surface area (Å²) < 4.78 is 5.61. The van der Waals surface area contributed by atoms with E-state index in [2.05, 4.69) is 18.8 Å². The number of rotatable bonds is 17. The Balaban J connectivity index is 2.43. The maximum Gasteiger partial charge on any atom is 0.399 e. The van der Waals surface area contributed by atoms with Gasteiger partial charge in [0.25, 0.3) is 0 Å². The Morgan fingerprint density at radius 1 is 0.862 bits per heavy atom. The lowest BCUT2D eigenvalue weighted by Crippen LogP contribution is -2.15. The molecular formula is C25H41N2O2+. The summed E-state index contributed by atoms with van der Waals surface area (Å²) in [5.41, 5.74) is 0.591. The van der Waals surface area contributed by atoms with E-state index in [9.17, 15) is 4.79 Å². The Labute approximate surface area is 178 Å². The largest absolute Gasteiger partial charge is 0.462 e. The molecule has 0 aliphatic carbocycles. The van der Waals surface area contributed by atoms with E-state index in [1.54, 1.807) is 24.3 Å². The molecule has 0 aromatic heterocycles. The van der Waals surface area contributed by atoms with E-state index in [0.717, 1.165) is 12.8 Å². The fourth-order valence-corrected chi connectivity index (χ4v) is 3.74. The van der Waals surface area contributed by atoms with Crippen molar-refractivity contribution in [1.82, 2.24) is 0 Å². The maximum atomic E-state index is 12.4. The smallest absolute Gasteiger partial charge is 0.399 e. The zero-order valence-electron chi connectivity index (χ0n) is 18.7. The Morgan fingerprint density at radius 2 is 1.38 bits per heavy atom. The van der Waals surface area contributed by atoms with Crippen molar-refractivity contribution in [3.05, 3.63) is 34.8 Å². The molecule has 0 N–H and O–H groups in total. The highest BCUT2D eigenvalue weighted by Gasteiger charge is 2.22. The van der Waals surface area contributed by atoms with Crippen molar-refractivity contribution in [2.24, 2.45) is 5.92 Å². The van der Waals surface area contributed by atoms with E-state index >= 15 is 0 Å². The Morgan fingerprint density at radius 3 is 1.93 bits per heavy atom. The predicted molar refractivity (Wildman–Crippen MR) is 121 cm³/mol. The normalized spacial score (nSPS) is 11.8. The van der Waals surface area contributed by atoms with E-state index < -0.39 is 5.97 Å². The van der Waals surface area contributed by atoms with E-state index in [4.69, 9.17) is 10.1 Å². The molecule has 0 heterocycles. The van der Waals surface area contributed by atoms with Crippen LogP contribution in [-0.4, -0.2) is 12.6 Å². The summed E-state index contributed by atoms with van der Waals surface area (Å²) in [6.45, 7) is 4.95. The number of nitrogens with zero attached hydrogens (tertiary/aromatic N) is 2. The number of carbonyl (C=O) groups excluding carboxylic acids is 1. The molecule has 1 atom stereocenters. The third kappa shape index (κ3) is 11.6. The molecule has 0 amide bonds. The van der Waals surface area contributed by atoms with Gasteiger partial charge in [-0.05, 0) is 24.8 Å². The average molecular weight is 402 g/mol. The fourth-order valence-electron chi connectivity index (χ4n) is 3.74. The van der Waals surface area contributed by atoms with Gasteiger partial charge in [0.2, 0.25) is 5.39 Å². The van der Waals surface area contributed by atoms with Crippen LogP contribution in [0.3, 0.4) is 0 Å². The minimum Gasteiger partial charge on any atom is -0.462 e. The van der Waals surface area contributed by atoms with Crippen LogP contribution in [0.5, 0.6) is 0 Å². The van der Waals surface area contributed by atoms with Crippen molar-refractivity contribution in [2.45, 2.75) is 104 Å². The van der Waals surface area contributed by atoms with Gasteiger partial charge < -0.3 is 4.74 Å². The van der Waals surface area contributed by atoms with Crippen molar-refractivity contribution in [2.75, 3.05) is 6.61 Å². The summed E-state index contributed by atoms with van der Waals surface area (Å²) in [7, 11) is 0. The van der Waals surface area contributed by atoms with Crippen molar-refractivity contribution in [3.8, 4) is 0 Å². The number of carbonyl (C=O) groups is 1. The van der Waals surface area contributed by atoms with E-state index in [0.29, 0.717) is 18.1 Å². The molecule has 0 aliphatic heterocycles. The predicted octanol–water partition coefficient (Wildman–Crippen LogP) is 8.45. The van der Waals surface area contributed by atoms with Crippen molar-refractivity contribution < 1.29 is 9.53 Å². The topological polar surface area (TPSA) is 54.5 Å². The van der Waals surface area contributed by atoms with E-state index in [1.807, 2.05) is 0 Å². The third-order valence-corrected chi connectivity index (χ3v) is 5.61. The molecule has 0 saturated heterocycles. The molecular weight excluding hydrogens is 360 g/mol. The summed E-state index contributed by atoms with van der Waals surface area (Å²) in [6.07, 6.45) is 17.7. The minimum atomic E-state index is -0.394. The second-order valence-electron chi connectivity index (χ2n) is 8.19. The SMILES string of the molecule is CCCCCCCCCC(CCCCCCC)COC(=O)c1ccccc1[N+]#N. The van der Waals surface area contributed by atoms with Crippen molar-refractivity contribution >= 4 is 11.7 Å². The number of hydrogen-bond acceptors (Lipinski definition) is 3. The molecule has 1 aromatic carbocycles. The Bertz CT molecular complexity index is 595. The fraction of sp³-hybridized carbons (Fsp3) is 0.720. The molecule has 4 nitrogen and oxygen atoms in total. The van der Waals surface area contributed by atoms with E-state index in [1.165, 1.54) is 77.0 Å². The van der Waals surface area contributed by atoms with Gasteiger partial charge in [-0.3, -0.25) is 0 Å². The Hall–Kier alpha value is -1.89. The molecule has 0 saturated carbocycles. The van der Waals surface area contributed by atoms with Gasteiger partial charge in [0.15, 0.2) is 10.5 Å². The zero-order valence-corrected chi connectivity index (χ0v) is 18.7. The van der Waals surface area contributed by atoms with Crippen LogP contribution in [0.25, 0.3) is 4.98 Å². The number of unbranched alkanes of at least 4 members (excludes halogenated alkanes) is 10. The van der Waals surface area contributed by atoms with Crippen LogP contribution in [0.2, 0.25) is 0 Å². The highest BCUT2D eigenvalue weighted by molar-refractivity contribution is 5.95.